The van der Waals surface area contributed by atoms with Crippen LogP contribution in [0, 0.1) is 6.92 Å². The van der Waals surface area contributed by atoms with Crippen LogP contribution in [0.3, 0.4) is 0 Å². The lowest BCUT2D eigenvalue weighted by atomic mass is 9.95. The molecule has 0 aliphatic heterocycles. The molecule has 0 bridgehead atoms. The molecule has 1 saturated carbocycles. The van der Waals surface area contributed by atoms with Gasteiger partial charge >= 0.3 is 0 Å². The lowest BCUT2D eigenvalue weighted by Crippen LogP contribution is -2.52. The van der Waals surface area contributed by atoms with Gasteiger partial charge in [-0.2, -0.15) is 0 Å². The maximum absolute atomic E-state index is 13.4. The number of carbonyl (C=O) groups excluding carboxylic acids is 2. The maximum Gasteiger partial charge on any atom is 0.261 e. The van der Waals surface area contributed by atoms with Crippen LogP contribution in [0.4, 0.5) is 0 Å². The van der Waals surface area contributed by atoms with Gasteiger partial charge in [0, 0.05) is 27.1 Å². The molecule has 1 atom stereocenters. The highest BCUT2D eigenvalue weighted by atomic mass is 79.9. The summed E-state index contributed by atoms with van der Waals surface area (Å²) in [6, 6.07) is 10.2. The van der Waals surface area contributed by atoms with Crippen molar-refractivity contribution in [3.05, 3.63) is 62.0 Å². The van der Waals surface area contributed by atoms with Crippen molar-refractivity contribution in [2.75, 3.05) is 6.61 Å². The quantitative estimate of drug-likeness (QED) is 0.365. The van der Waals surface area contributed by atoms with Gasteiger partial charge in [-0.3, -0.25) is 9.59 Å². The van der Waals surface area contributed by atoms with Crippen molar-refractivity contribution in [3.63, 3.8) is 0 Å². The van der Waals surface area contributed by atoms with Gasteiger partial charge in [-0.05, 0) is 67.6 Å². The summed E-state index contributed by atoms with van der Waals surface area (Å²) >= 11 is 15.9. The summed E-state index contributed by atoms with van der Waals surface area (Å²) < 4.78 is 6.77. The maximum atomic E-state index is 13.4. The third-order valence-electron chi connectivity index (χ3n) is 6.18. The van der Waals surface area contributed by atoms with E-state index in [1.165, 1.54) is 6.42 Å². The summed E-state index contributed by atoms with van der Waals surface area (Å²) in [5.74, 6) is 0.183. The number of nitrogens with one attached hydrogen (secondary N) is 1. The summed E-state index contributed by atoms with van der Waals surface area (Å²) in [5, 5.41) is 4.14. The Hall–Kier alpha value is -1.76. The molecule has 1 fully saturated rings. The van der Waals surface area contributed by atoms with Gasteiger partial charge in [0.25, 0.3) is 5.91 Å². The number of hydrogen-bond acceptors (Lipinski definition) is 3. The van der Waals surface area contributed by atoms with E-state index in [1.807, 2.05) is 26.0 Å². The van der Waals surface area contributed by atoms with Gasteiger partial charge in [-0.1, -0.05) is 71.4 Å². The molecule has 1 aliphatic rings. The molecule has 3 rings (SSSR count). The lowest BCUT2D eigenvalue weighted by molar-refractivity contribution is -0.143. The fourth-order valence-corrected chi connectivity index (χ4v) is 4.95. The second-order valence-electron chi connectivity index (χ2n) is 8.72. The minimum Gasteiger partial charge on any atom is -0.484 e. The molecule has 34 heavy (non-hydrogen) atoms. The Bertz CT molecular complexity index is 1010. The molecule has 8 heteroatoms. The molecule has 0 heterocycles. The van der Waals surface area contributed by atoms with E-state index in [-0.39, 0.29) is 31.0 Å². The summed E-state index contributed by atoms with van der Waals surface area (Å²) in [6.07, 6.45) is 5.87. The van der Waals surface area contributed by atoms with Gasteiger partial charge in [0.1, 0.15) is 11.8 Å². The zero-order valence-electron chi connectivity index (χ0n) is 19.6. The molecule has 0 spiro atoms. The van der Waals surface area contributed by atoms with E-state index in [9.17, 15) is 9.59 Å². The minimum atomic E-state index is -0.628. The van der Waals surface area contributed by atoms with Crippen molar-refractivity contribution < 1.29 is 14.3 Å². The minimum absolute atomic E-state index is 0.132. The molecule has 2 amide bonds. The van der Waals surface area contributed by atoms with Crippen molar-refractivity contribution in [1.82, 2.24) is 10.2 Å². The zero-order chi connectivity index (χ0) is 24.7. The van der Waals surface area contributed by atoms with Crippen molar-refractivity contribution >= 4 is 50.9 Å². The Kier molecular flexibility index (Phi) is 10.1. The van der Waals surface area contributed by atoms with Crippen LogP contribution in [0.5, 0.6) is 5.75 Å². The average molecular weight is 570 g/mol. The summed E-state index contributed by atoms with van der Waals surface area (Å²) in [7, 11) is 0. The van der Waals surface area contributed by atoms with Crippen molar-refractivity contribution in [1.29, 1.82) is 0 Å². The number of amides is 2. The van der Waals surface area contributed by atoms with E-state index in [2.05, 4.69) is 21.2 Å². The predicted molar refractivity (Wildman–Crippen MR) is 140 cm³/mol. The molecule has 0 unspecified atom stereocenters. The van der Waals surface area contributed by atoms with Crippen LogP contribution in [-0.4, -0.2) is 35.4 Å². The van der Waals surface area contributed by atoms with Crippen LogP contribution >= 0.6 is 39.1 Å². The molecule has 2 aromatic carbocycles. The number of aryl methyl sites for hydroxylation is 1. The highest BCUT2D eigenvalue weighted by molar-refractivity contribution is 9.10. The molecule has 2 aromatic rings. The summed E-state index contributed by atoms with van der Waals surface area (Å²) in [4.78, 5) is 28.2. The smallest absolute Gasteiger partial charge is 0.261 e. The molecular weight excluding hydrogens is 539 g/mol. The van der Waals surface area contributed by atoms with E-state index in [1.54, 1.807) is 29.2 Å². The van der Waals surface area contributed by atoms with Crippen molar-refractivity contribution in [2.24, 2.45) is 0 Å². The van der Waals surface area contributed by atoms with Crippen LogP contribution in [0.1, 0.15) is 56.6 Å². The molecule has 0 aromatic heterocycles. The van der Waals surface area contributed by atoms with Gasteiger partial charge in [0.2, 0.25) is 5.91 Å². The number of ether oxygens (including phenoxy) is 1. The van der Waals surface area contributed by atoms with E-state index in [0.29, 0.717) is 22.2 Å². The fourth-order valence-electron chi connectivity index (χ4n) is 4.23. The largest absolute Gasteiger partial charge is 0.484 e. The molecule has 1 N–H and O–H groups in total. The summed E-state index contributed by atoms with van der Waals surface area (Å²) in [6.45, 7) is 3.87. The molecular formula is C26H31BrCl2N2O3. The second kappa shape index (κ2) is 12.8. The zero-order valence-corrected chi connectivity index (χ0v) is 22.7. The van der Waals surface area contributed by atoms with E-state index in [0.717, 1.165) is 41.3 Å². The normalized spacial score (nSPS) is 15.0. The fraction of sp³-hybridized carbons (Fsp3) is 0.462. The Labute approximate surface area is 220 Å². The first-order chi connectivity index (χ1) is 16.3. The predicted octanol–water partition coefficient (Wildman–Crippen LogP) is 6.70. The van der Waals surface area contributed by atoms with Gasteiger partial charge in [-0.25, -0.2) is 0 Å². The molecule has 1 aliphatic carbocycles. The first-order valence-electron chi connectivity index (χ1n) is 11.7. The Morgan fingerprint density at radius 1 is 1.15 bits per heavy atom. The van der Waals surface area contributed by atoms with Crippen LogP contribution in [-0.2, 0) is 16.1 Å². The van der Waals surface area contributed by atoms with Crippen LogP contribution in [0.2, 0.25) is 10.0 Å². The third kappa shape index (κ3) is 7.37. The van der Waals surface area contributed by atoms with Gasteiger partial charge in [0.05, 0.1) is 0 Å². The Balaban J connectivity index is 1.79. The standard InChI is InChI=1S/C26H31BrCl2N2O3/c1-3-24(26(33)30-20-7-5-4-6-8-20)31(15-18-9-10-19(28)14-23(18)29)25(32)16-34-21-11-12-22(27)17(2)13-21/h9-14,20,24H,3-8,15-16H2,1-2H3,(H,30,33)/t24-/m1/s1. The Morgan fingerprint density at radius 3 is 2.53 bits per heavy atom. The van der Waals surface area contributed by atoms with Gasteiger partial charge in [-0.15, -0.1) is 0 Å². The lowest BCUT2D eigenvalue weighted by Gasteiger charge is -2.33. The Morgan fingerprint density at radius 2 is 1.88 bits per heavy atom. The van der Waals surface area contributed by atoms with Gasteiger partial charge < -0.3 is 15.0 Å². The second-order valence-corrected chi connectivity index (χ2v) is 10.4. The number of carbonyl (C=O) groups is 2. The number of nitrogens with zero attached hydrogens (tertiary/aromatic N) is 1. The SMILES string of the molecule is CC[C@H](C(=O)NC1CCCCC1)N(Cc1ccc(Cl)cc1Cl)C(=O)COc1ccc(Br)c(C)c1. The van der Waals surface area contributed by atoms with Crippen LogP contribution in [0.15, 0.2) is 40.9 Å². The number of benzene rings is 2. The van der Waals surface area contributed by atoms with Crippen LogP contribution < -0.4 is 10.1 Å². The first-order valence-corrected chi connectivity index (χ1v) is 13.3. The average Bonchev–Trinajstić information content (AvgIpc) is 2.81. The van der Waals surface area contributed by atoms with Gasteiger partial charge in [0.15, 0.2) is 6.61 Å². The topological polar surface area (TPSA) is 58.6 Å². The van der Waals surface area contributed by atoms with Crippen LogP contribution in [0.25, 0.3) is 0 Å². The number of rotatable bonds is 9. The van der Waals surface area contributed by atoms with E-state index >= 15 is 0 Å². The molecule has 0 saturated heterocycles. The number of hydrogen-bond donors (Lipinski definition) is 1. The van der Waals surface area contributed by atoms with E-state index in [4.69, 9.17) is 27.9 Å². The monoisotopic (exact) mass is 568 g/mol. The highest BCUT2D eigenvalue weighted by Crippen LogP contribution is 2.25. The number of halogens is 3. The van der Waals surface area contributed by atoms with E-state index < -0.39 is 6.04 Å². The highest BCUT2D eigenvalue weighted by Gasteiger charge is 2.31. The molecule has 0 radical (unpaired) electrons. The molecule has 184 valence electrons. The first kappa shape index (κ1) is 26.8. The third-order valence-corrected chi connectivity index (χ3v) is 7.66. The van der Waals surface area contributed by atoms with Crippen molar-refractivity contribution in [3.8, 4) is 5.75 Å². The molecule has 5 nitrogen and oxygen atoms in total. The summed E-state index contributed by atoms with van der Waals surface area (Å²) in [5.41, 5.74) is 1.73. The van der Waals surface area contributed by atoms with Crippen molar-refractivity contribution in [2.45, 2.75) is 71.0 Å².